The van der Waals surface area contributed by atoms with Gasteiger partial charge in [-0.05, 0) is 5.92 Å². The van der Waals surface area contributed by atoms with Gasteiger partial charge in [0, 0.05) is 25.8 Å². The standard InChI is InChI=1S/C9H18N2O2/c1-8(2)5-10-13-9-6-11(7-9)3-4-12/h5,8-9,12H,3-4,6-7H2,1-2H3/b10-5+. The molecule has 0 unspecified atom stereocenters. The zero-order valence-corrected chi connectivity index (χ0v) is 8.31. The van der Waals surface area contributed by atoms with E-state index >= 15 is 0 Å². The molecule has 0 atom stereocenters. The molecule has 4 heteroatoms. The Morgan fingerprint density at radius 2 is 2.31 bits per heavy atom. The summed E-state index contributed by atoms with van der Waals surface area (Å²) < 4.78 is 0. The number of aliphatic hydroxyl groups is 1. The van der Waals surface area contributed by atoms with Crippen molar-refractivity contribution in [3.63, 3.8) is 0 Å². The summed E-state index contributed by atoms with van der Waals surface area (Å²) in [6, 6.07) is 0. The summed E-state index contributed by atoms with van der Waals surface area (Å²) in [6.45, 7) is 6.86. The van der Waals surface area contributed by atoms with Crippen LogP contribution < -0.4 is 0 Å². The summed E-state index contributed by atoms with van der Waals surface area (Å²) in [5, 5.41) is 12.5. The van der Waals surface area contributed by atoms with E-state index in [1.54, 1.807) is 6.21 Å². The van der Waals surface area contributed by atoms with Crippen molar-refractivity contribution < 1.29 is 9.94 Å². The number of likely N-dealkylation sites (tertiary alicyclic amines) is 1. The average Bonchev–Trinajstić information content (AvgIpc) is 1.99. The summed E-state index contributed by atoms with van der Waals surface area (Å²) in [6.07, 6.45) is 2.02. The topological polar surface area (TPSA) is 45.1 Å². The van der Waals surface area contributed by atoms with Gasteiger partial charge in [-0.15, -0.1) is 0 Å². The fourth-order valence-corrected chi connectivity index (χ4v) is 1.16. The Balaban J connectivity index is 2.01. The van der Waals surface area contributed by atoms with Crippen molar-refractivity contribution in [1.29, 1.82) is 0 Å². The van der Waals surface area contributed by atoms with E-state index < -0.39 is 0 Å². The predicted octanol–water partition coefficient (Wildman–Crippen LogP) is 0.321. The molecule has 1 fully saturated rings. The first-order valence-electron chi connectivity index (χ1n) is 4.75. The maximum Gasteiger partial charge on any atom is 0.152 e. The fraction of sp³-hybridized carbons (Fsp3) is 0.889. The van der Waals surface area contributed by atoms with E-state index in [-0.39, 0.29) is 12.7 Å². The number of nitrogens with zero attached hydrogens (tertiary/aromatic N) is 2. The van der Waals surface area contributed by atoms with Crippen LogP contribution in [0.4, 0.5) is 0 Å². The van der Waals surface area contributed by atoms with Crippen molar-refractivity contribution in [2.75, 3.05) is 26.2 Å². The summed E-state index contributed by atoms with van der Waals surface area (Å²) in [5.41, 5.74) is 0. The van der Waals surface area contributed by atoms with Crippen LogP contribution in [0.2, 0.25) is 0 Å². The van der Waals surface area contributed by atoms with Gasteiger partial charge in [-0.25, -0.2) is 0 Å². The molecule has 0 saturated carbocycles. The van der Waals surface area contributed by atoms with Crippen LogP contribution in [0.15, 0.2) is 5.16 Å². The zero-order valence-electron chi connectivity index (χ0n) is 8.31. The smallest absolute Gasteiger partial charge is 0.152 e. The van der Waals surface area contributed by atoms with E-state index in [4.69, 9.17) is 9.94 Å². The first kappa shape index (κ1) is 10.5. The number of hydrogen-bond donors (Lipinski definition) is 1. The maximum absolute atomic E-state index is 8.62. The number of hydrogen-bond acceptors (Lipinski definition) is 4. The van der Waals surface area contributed by atoms with Crippen molar-refractivity contribution in [2.24, 2.45) is 11.1 Å². The second kappa shape index (κ2) is 5.19. The van der Waals surface area contributed by atoms with E-state index in [0.29, 0.717) is 5.92 Å². The molecular formula is C9H18N2O2. The third kappa shape index (κ3) is 3.74. The first-order valence-corrected chi connectivity index (χ1v) is 4.75. The van der Waals surface area contributed by atoms with Gasteiger partial charge in [0.15, 0.2) is 6.10 Å². The number of rotatable bonds is 5. The molecule has 0 bridgehead atoms. The largest absolute Gasteiger partial charge is 0.395 e. The molecule has 0 spiro atoms. The highest BCUT2D eigenvalue weighted by molar-refractivity contribution is 5.58. The summed E-state index contributed by atoms with van der Waals surface area (Å²) in [5.74, 6) is 0.439. The fourth-order valence-electron chi connectivity index (χ4n) is 1.16. The van der Waals surface area contributed by atoms with E-state index in [1.165, 1.54) is 0 Å². The molecule has 0 aromatic rings. The molecule has 1 heterocycles. The highest BCUT2D eigenvalue weighted by Crippen LogP contribution is 2.10. The Morgan fingerprint density at radius 3 is 2.85 bits per heavy atom. The lowest BCUT2D eigenvalue weighted by Gasteiger charge is -2.36. The van der Waals surface area contributed by atoms with Crippen LogP contribution in [0, 0.1) is 5.92 Å². The molecule has 1 aliphatic rings. The van der Waals surface area contributed by atoms with Crippen LogP contribution in [0.25, 0.3) is 0 Å². The molecule has 1 aliphatic heterocycles. The van der Waals surface area contributed by atoms with E-state index in [0.717, 1.165) is 19.6 Å². The second-order valence-corrected chi connectivity index (χ2v) is 3.71. The highest BCUT2D eigenvalue weighted by atomic mass is 16.6. The monoisotopic (exact) mass is 186 g/mol. The third-order valence-electron chi connectivity index (χ3n) is 1.91. The first-order chi connectivity index (χ1) is 6.22. The molecule has 0 aliphatic carbocycles. The SMILES string of the molecule is CC(C)/C=N/OC1CN(CCO)C1. The second-order valence-electron chi connectivity index (χ2n) is 3.71. The van der Waals surface area contributed by atoms with Crippen molar-refractivity contribution in [1.82, 2.24) is 4.90 Å². The Morgan fingerprint density at radius 1 is 1.62 bits per heavy atom. The third-order valence-corrected chi connectivity index (χ3v) is 1.91. The van der Waals surface area contributed by atoms with Gasteiger partial charge in [-0.3, -0.25) is 4.90 Å². The molecule has 1 saturated heterocycles. The number of β-amino-alcohol motifs (C(OH)–C–C–N with tert-alkyl or cyclic N) is 1. The van der Waals surface area contributed by atoms with Gasteiger partial charge < -0.3 is 9.94 Å². The lowest BCUT2D eigenvalue weighted by Crippen LogP contribution is -2.52. The molecule has 0 aromatic heterocycles. The van der Waals surface area contributed by atoms with Crippen LogP contribution in [0.1, 0.15) is 13.8 Å². The molecule has 0 amide bonds. The summed E-state index contributed by atoms with van der Waals surface area (Å²) >= 11 is 0. The average molecular weight is 186 g/mol. The highest BCUT2D eigenvalue weighted by Gasteiger charge is 2.27. The van der Waals surface area contributed by atoms with Crippen LogP contribution in [0.3, 0.4) is 0 Å². The quantitative estimate of drug-likeness (QED) is 0.497. The Labute approximate surface area is 79.2 Å². The minimum Gasteiger partial charge on any atom is -0.395 e. The van der Waals surface area contributed by atoms with Crippen LogP contribution >= 0.6 is 0 Å². The lowest BCUT2D eigenvalue weighted by atomic mass is 10.2. The number of aliphatic hydroxyl groups excluding tert-OH is 1. The molecule has 13 heavy (non-hydrogen) atoms. The van der Waals surface area contributed by atoms with Gasteiger partial charge in [0.05, 0.1) is 6.61 Å². The normalized spacial score (nSPS) is 19.7. The van der Waals surface area contributed by atoms with Gasteiger partial charge >= 0.3 is 0 Å². The van der Waals surface area contributed by atoms with Gasteiger partial charge in [0.1, 0.15) is 0 Å². The van der Waals surface area contributed by atoms with Crippen molar-refractivity contribution in [3.8, 4) is 0 Å². The van der Waals surface area contributed by atoms with E-state index in [1.807, 2.05) is 0 Å². The minimum absolute atomic E-state index is 0.224. The van der Waals surface area contributed by atoms with Gasteiger partial charge in [0.2, 0.25) is 0 Å². The lowest BCUT2D eigenvalue weighted by molar-refractivity contribution is -0.0564. The minimum atomic E-state index is 0.224. The van der Waals surface area contributed by atoms with Gasteiger partial charge in [-0.1, -0.05) is 19.0 Å². The maximum atomic E-state index is 8.62. The van der Waals surface area contributed by atoms with Crippen molar-refractivity contribution in [3.05, 3.63) is 0 Å². The number of oxime groups is 1. The van der Waals surface area contributed by atoms with Crippen LogP contribution in [0.5, 0.6) is 0 Å². The molecule has 0 aromatic carbocycles. The molecule has 1 rings (SSSR count). The van der Waals surface area contributed by atoms with Crippen LogP contribution in [-0.2, 0) is 4.84 Å². The van der Waals surface area contributed by atoms with Gasteiger partial charge in [0.25, 0.3) is 0 Å². The summed E-state index contributed by atoms with van der Waals surface area (Å²) in [4.78, 5) is 7.35. The van der Waals surface area contributed by atoms with Gasteiger partial charge in [-0.2, -0.15) is 0 Å². The molecular weight excluding hydrogens is 168 g/mol. The Kier molecular flexibility index (Phi) is 4.18. The van der Waals surface area contributed by atoms with Crippen LogP contribution in [-0.4, -0.2) is 48.6 Å². The zero-order chi connectivity index (χ0) is 9.68. The molecule has 0 radical (unpaired) electrons. The Hall–Kier alpha value is -0.610. The molecule has 76 valence electrons. The molecule has 1 N–H and O–H groups in total. The Bertz CT molecular complexity index is 165. The van der Waals surface area contributed by atoms with E-state index in [2.05, 4.69) is 23.9 Å². The summed E-state index contributed by atoms with van der Waals surface area (Å²) in [7, 11) is 0. The molecule has 4 nitrogen and oxygen atoms in total. The van der Waals surface area contributed by atoms with Crippen molar-refractivity contribution >= 4 is 6.21 Å². The predicted molar refractivity (Wildman–Crippen MR) is 51.7 cm³/mol. The van der Waals surface area contributed by atoms with E-state index in [9.17, 15) is 0 Å². The van der Waals surface area contributed by atoms with Crippen molar-refractivity contribution in [2.45, 2.75) is 20.0 Å².